The van der Waals surface area contributed by atoms with Gasteiger partial charge in [0.15, 0.2) is 0 Å². The number of benzene rings is 2. The summed E-state index contributed by atoms with van der Waals surface area (Å²) in [6.07, 6.45) is 7.54. The highest BCUT2D eigenvalue weighted by molar-refractivity contribution is 6.04. The van der Waals surface area contributed by atoms with Crippen molar-refractivity contribution in [1.29, 1.82) is 0 Å². The Hall–Kier alpha value is -2.88. The number of urea groups is 1. The third-order valence-electron chi connectivity index (χ3n) is 5.27. The summed E-state index contributed by atoms with van der Waals surface area (Å²) in [6.45, 7) is 2.07. The third-order valence-corrected chi connectivity index (χ3v) is 5.27. The van der Waals surface area contributed by atoms with Crippen molar-refractivity contribution in [3.05, 3.63) is 60.3 Å². The molecule has 2 N–H and O–H groups in total. The second kappa shape index (κ2) is 7.78. The standard InChI is InChI=1S/C23H25N3O/c1-16-12-13-20-19(14-16)22(17-8-4-2-5-9-17)21(15-24-20)26-23(27)25-18-10-6-3-7-11-18/h2,4-5,8-9,12-15,18H,3,6-7,10-11H2,1H3,(H2,25,26,27). The molecule has 2 aromatic carbocycles. The van der Waals surface area contributed by atoms with Crippen molar-refractivity contribution in [3.8, 4) is 11.1 Å². The Balaban J connectivity index is 1.70. The van der Waals surface area contributed by atoms with E-state index in [1.807, 2.05) is 24.3 Å². The van der Waals surface area contributed by atoms with Gasteiger partial charge in [-0.25, -0.2) is 4.79 Å². The molecular formula is C23H25N3O. The first-order valence-electron chi connectivity index (χ1n) is 9.73. The molecule has 1 heterocycles. The van der Waals surface area contributed by atoms with Gasteiger partial charge in [0.25, 0.3) is 0 Å². The number of carbonyl (C=O) groups excluding carboxylic acids is 1. The molecule has 3 aromatic rings. The van der Waals surface area contributed by atoms with Crippen LogP contribution < -0.4 is 10.6 Å². The van der Waals surface area contributed by atoms with Crippen molar-refractivity contribution in [1.82, 2.24) is 10.3 Å². The van der Waals surface area contributed by atoms with Crippen LogP contribution in [0, 0.1) is 6.92 Å². The van der Waals surface area contributed by atoms with Gasteiger partial charge in [0.05, 0.1) is 17.4 Å². The van der Waals surface area contributed by atoms with Crippen LogP contribution >= 0.6 is 0 Å². The first kappa shape index (κ1) is 17.5. The molecule has 1 aromatic heterocycles. The van der Waals surface area contributed by atoms with Crippen molar-refractivity contribution in [2.45, 2.75) is 45.1 Å². The summed E-state index contributed by atoms with van der Waals surface area (Å²) in [7, 11) is 0. The van der Waals surface area contributed by atoms with Gasteiger partial charge in [-0.15, -0.1) is 0 Å². The van der Waals surface area contributed by atoms with Crippen molar-refractivity contribution in [2.24, 2.45) is 0 Å². The average Bonchev–Trinajstić information content (AvgIpc) is 2.69. The lowest BCUT2D eigenvalue weighted by Gasteiger charge is -2.23. The van der Waals surface area contributed by atoms with Gasteiger partial charge < -0.3 is 10.6 Å². The number of aryl methyl sites for hydroxylation is 1. The van der Waals surface area contributed by atoms with Gasteiger partial charge in [-0.2, -0.15) is 0 Å². The van der Waals surface area contributed by atoms with Crippen molar-refractivity contribution in [2.75, 3.05) is 5.32 Å². The molecule has 0 saturated heterocycles. The highest BCUT2D eigenvalue weighted by Crippen LogP contribution is 2.34. The molecule has 4 heteroatoms. The summed E-state index contributed by atoms with van der Waals surface area (Å²) >= 11 is 0. The molecular weight excluding hydrogens is 334 g/mol. The van der Waals surface area contributed by atoms with Gasteiger partial charge in [-0.1, -0.05) is 61.2 Å². The maximum absolute atomic E-state index is 12.6. The molecule has 1 aliphatic carbocycles. The van der Waals surface area contributed by atoms with E-state index in [9.17, 15) is 4.79 Å². The van der Waals surface area contributed by atoms with E-state index in [2.05, 4.69) is 46.8 Å². The molecule has 4 rings (SSSR count). The summed E-state index contributed by atoms with van der Waals surface area (Å²) in [6, 6.07) is 16.5. The van der Waals surface area contributed by atoms with E-state index in [4.69, 9.17) is 0 Å². The van der Waals surface area contributed by atoms with Gasteiger partial charge >= 0.3 is 6.03 Å². The minimum Gasteiger partial charge on any atom is -0.335 e. The number of amides is 2. The molecule has 1 fully saturated rings. The summed E-state index contributed by atoms with van der Waals surface area (Å²) in [4.78, 5) is 17.2. The fraction of sp³-hybridized carbons (Fsp3) is 0.304. The van der Waals surface area contributed by atoms with Crippen LogP contribution in [-0.2, 0) is 0 Å². The second-order valence-electron chi connectivity index (χ2n) is 7.37. The molecule has 0 aliphatic heterocycles. The van der Waals surface area contributed by atoms with Gasteiger partial charge in [0, 0.05) is 17.0 Å². The van der Waals surface area contributed by atoms with Crippen LogP contribution in [0.15, 0.2) is 54.7 Å². The summed E-state index contributed by atoms with van der Waals surface area (Å²) < 4.78 is 0. The van der Waals surface area contributed by atoms with Crippen LogP contribution in [-0.4, -0.2) is 17.1 Å². The zero-order chi connectivity index (χ0) is 18.6. The molecule has 1 saturated carbocycles. The fourth-order valence-electron chi connectivity index (χ4n) is 3.91. The number of nitrogens with zero attached hydrogens (tertiary/aromatic N) is 1. The maximum Gasteiger partial charge on any atom is 0.319 e. The Labute approximate surface area is 160 Å². The number of carbonyl (C=O) groups is 1. The lowest BCUT2D eigenvalue weighted by molar-refractivity contribution is 0.244. The number of hydrogen-bond donors (Lipinski definition) is 2. The van der Waals surface area contributed by atoms with E-state index < -0.39 is 0 Å². The Morgan fingerprint density at radius 3 is 2.59 bits per heavy atom. The molecule has 4 nitrogen and oxygen atoms in total. The van der Waals surface area contributed by atoms with E-state index in [0.717, 1.165) is 40.6 Å². The monoisotopic (exact) mass is 359 g/mol. The van der Waals surface area contributed by atoms with Gasteiger partial charge in [-0.3, -0.25) is 4.98 Å². The molecule has 2 amide bonds. The Bertz CT molecular complexity index is 946. The zero-order valence-corrected chi connectivity index (χ0v) is 15.7. The number of aromatic nitrogens is 1. The van der Waals surface area contributed by atoms with Crippen LogP contribution in [0.5, 0.6) is 0 Å². The van der Waals surface area contributed by atoms with Gasteiger partial charge in [0.1, 0.15) is 0 Å². The van der Waals surface area contributed by atoms with Crippen molar-refractivity contribution in [3.63, 3.8) is 0 Å². The second-order valence-corrected chi connectivity index (χ2v) is 7.37. The lowest BCUT2D eigenvalue weighted by Crippen LogP contribution is -2.39. The Kier molecular flexibility index (Phi) is 5.05. The van der Waals surface area contributed by atoms with Crippen molar-refractivity contribution < 1.29 is 4.79 Å². The lowest BCUT2D eigenvalue weighted by atomic mass is 9.96. The van der Waals surface area contributed by atoms with E-state index >= 15 is 0 Å². The molecule has 1 aliphatic rings. The zero-order valence-electron chi connectivity index (χ0n) is 15.7. The van der Waals surface area contributed by atoms with E-state index in [1.54, 1.807) is 6.20 Å². The number of anilines is 1. The van der Waals surface area contributed by atoms with Gasteiger partial charge in [-0.05, 0) is 37.5 Å². The highest BCUT2D eigenvalue weighted by Gasteiger charge is 2.18. The third kappa shape index (κ3) is 3.95. The van der Waals surface area contributed by atoms with Crippen molar-refractivity contribution >= 4 is 22.6 Å². The summed E-state index contributed by atoms with van der Waals surface area (Å²) in [5.74, 6) is 0. The molecule has 0 atom stereocenters. The highest BCUT2D eigenvalue weighted by atomic mass is 16.2. The van der Waals surface area contributed by atoms with Crippen LogP contribution in [0.25, 0.3) is 22.0 Å². The van der Waals surface area contributed by atoms with E-state index in [0.29, 0.717) is 0 Å². The summed E-state index contributed by atoms with van der Waals surface area (Å²) in [5, 5.41) is 7.24. The van der Waals surface area contributed by atoms with Crippen LogP contribution in [0.3, 0.4) is 0 Å². The number of nitrogens with one attached hydrogen (secondary N) is 2. The molecule has 0 radical (unpaired) electrons. The first-order chi connectivity index (χ1) is 13.2. The normalized spacial score (nSPS) is 14.9. The Morgan fingerprint density at radius 2 is 1.81 bits per heavy atom. The maximum atomic E-state index is 12.6. The fourth-order valence-corrected chi connectivity index (χ4v) is 3.91. The molecule has 0 unspecified atom stereocenters. The molecule has 0 spiro atoms. The summed E-state index contributed by atoms with van der Waals surface area (Å²) in [5.41, 5.74) is 4.93. The molecule has 27 heavy (non-hydrogen) atoms. The van der Waals surface area contributed by atoms with E-state index in [-0.39, 0.29) is 12.1 Å². The molecule has 138 valence electrons. The predicted molar refractivity (Wildman–Crippen MR) is 111 cm³/mol. The van der Waals surface area contributed by atoms with Crippen LogP contribution in [0.1, 0.15) is 37.7 Å². The average molecular weight is 359 g/mol. The first-order valence-corrected chi connectivity index (χ1v) is 9.73. The smallest absolute Gasteiger partial charge is 0.319 e. The SMILES string of the molecule is Cc1ccc2ncc(NC(=O)NC3CCCCC3)c(-c3ccccc3)c2c1. The number of fused-ring (bicyclic) bond motifs is 1. The minimum atomic E-state index is -0.145. The van der Waals surface area contributed by atoms with Crippen LogP contribution in [0.4, 0.5) is 10.5 Å². The quantitative estimate of drug-likeness (QED) is 0.633. The predicted octanol–water partition coefficient (Wildman–Crippen LogP) is 5.66. The number of rotatable bonds is 3. The van der Waals surface area contributed by atoms with E-state index in [1.165, 1.54) is 24.8 Å². The number of hydrogen-bond acceptors (Lipinski definition) is 2. The number of pyridine rings is 1. The topological polar surface area (TPSA) is 54.0 Å². The largest absolute Gasteiger partial charge is 0.335 e. The Morgan fingerprint density at radius 1 is 1.04 bits per heavy atom. The molecule has 0 bridgehead atoms. The minimum absolute atomic E-state index is 0.145. The van der Waals surface area contributed by atoms with Gasteiger partial charge in [0.2, 0.25) is 0 Å². The van der Waals surface area contributed by atoms with Crippen LogP contribution in [0.2, 0.25) is 0 Å².